The van der Waals surface area contributed by atoms with Crippen molar-refractivity contribution in [2.75, 3.05) is 6.54 Å². The highest BCUT2D eigenvalue weighted by molar-refractivity contribution is 5.97. The van der Waals surface area contributed by atoms with Gasteiger partial charge in [0.15, 0.2) is 0 Å². The molecule has 1 aromatic carbocycles. The topological polar surface area (TPSA) is 58.2 Å². The SMILES string of the molecule is CCCCCCCCc1ccc(C(=O)N[C@H]2CCCNC2=O)cc1. The van der Waals surface area contributed by atoms with Gasteiger partial charge in [0.05, 0.1) is 0 Å². The third-order valence-corrected chi connectivity index (χ3v) is 4.63. The van der Waals surface area contributed by atoms with Crippen molar-refractivity contribution in [1.82, 2.24) is 10.6 Å². The maximum Gasteiger partial charge on any atom is 0.251 e. The fourth-order valence-electron chi connectivity index (χ4n) is 3.08. The zero-order valence-electron chi connectivity index (χ0n) is 14.8. The van der Waals surface area contributed by atoms with Crippen LogP contribution >= 0.6 is 0 Å². The van der Waals surface area contributed by atoms with Crippen molar-refractivity contribution in [1.29, 1.82) is 0 Å². The Morgan fingerprint density at radius 1 is 1.12 bits per heavy atom. The molecule has 1 aromatic rings. The van der Waals surface area contributed by atoms with Gasteiger partial charge in [0.1, 0.15) is 6.04 Å². The van der Waals surface area contributed by atoms with E-state index in [1.165, 1.54) is 44.1 Å². The third kappa shape index (κ3) is 5.99. The van der Waals surface area contributed by atoms with E-state index in [4.69, 9.17) is 0 Å². The minimum atomic E-state index is -0.394. The van der Waals surface area contributed by atoms with Gasteiger partial charge in [-0.15, -0.1) is 0 Å². The first-order valence-electron chi connectivity index (χ1n) is 9.38. The molecule has 0 radical (unpaired) electrons. The van der Waals surface area contributed by atoms with Gasteiger partial charge in [-0.3, -0.25) is 9.59 Å². The Hall–Kier alpha value is -1.84. The second kappa shape index (κ2) is 10.1. The highest BCUT2D eigenvalue weighted by Gasteiger charge is 2.23. The number of carbonyl (C=O) groups excluding carboxylic acids is 2. The Labute approximate surface area is 145 Å². The van der Waals surface area contributed by atoms with E-state index in [1.54, 1.807) is 0 Å². The van der Waals surface area contributed by atoms with Gasteiger partial charge < -0.3 is 10.6 Å². The lowest BCUT2D eigenvalue weighted by Crippen LogP contribution is -2.50. The summed E-state index contributed by atoms with van der Waals surface area (Å²) in [5, 5.41) is 5.61. The van der Waals surface area contributed by atoms with E-state index in [0.29, 0.717) is 18.5 Å². The van der Waals surface area contributed by atoms with E-state index in [1.807, 2.05) is 24.3 Å². The van der Waals surface area contributed by atoms with Crippen LogP contribution in [0.25, 0.3) is 0 Å². The van der Waals surface area contributed by atoms with Gasteiger partial charge in [0.2, 0.25) is 5.91 Å². The molecule has 1 saturated heterocycles. The number of rotatable bonds is 9. The molecule has 0 saturated carbocycles. The molecule has 1 heterocycles. The van der Waals surface area contributed by atoms with E-state index >= 15 is 0 Å². The maximum absolute atomic E-state index is 12.2. The normalized spacial score (nSPS) is 17.4. The number of unbranched alkanes of at least 4 members (excludes halogenated alkanes) is 5. The van der Waals surface area contributed by atoms with Gasteiger partial charge in [-0.25, -0.2) is 0 Å². The van der Waals surface area contributed by atoms with Crippen molar-refractivity contribution in [3.05, 3.63) is 35.4 Å². The third-order valence-electron chi connectivity index (χ3n) is 4.63. The van der Waals surface area contributed by atoms with Crippen LogP contribution in [0.15, 0.2) is 24.3 Å². The van der Waals surface area contributed by atoms with Crippen LogP contribution in [0.2, 0.25) is 0 Å². The fourth-order valence-corrected chi connectivity index (χ4v) is 3.08. The molecule has 4 nitrogen and oxygen atoms in total. The second-order valence-electron chi connectivity index (χ2n) is 6.67. The van der Waals surface area contributed by atoms with Crippen molar-refractivity contribution in [3.63, 3.8) is 0 Å². The molecule has 0 aromatic heterocycles. The average molecular weight is 330 g/mol. The van der Waals surface area contributed by atoms with E-state index in [2.05, 4.69) is 17.6 Å². The largest absolute Gasteiger partial charge is 0.354 e. The van der Waals surface area contributed by atoms with Crippen LogP contribution in [0.5, 0.6) is 0 Å². The summed E-state index contributed by atoms with van der Waals surface area (Å²) in [4.78, 5) is 23.9. The minimum absolute atomic E-state index is 0.0747. The Morgan fingerprint density at radius 3 is 2.54 bits per heavy atom. The van der Waals surface area contributed by atoms with Gasteiger partial charge in [0, 0.05) is 12.1 Å². The van der Waals surface area contributed by atoms with E-state index in [-0.39, 0.29) is 11.8 Å². The summed E-state index contributed by atoms with van der Waals surface area (Å²) >= 11 is 0. The molecule has 132 valence electrons. The summed E-state index contributed by atoms with van der Waals surface area (Å²) < 4.78 is 0. The van der Waals surface area contributed by atoms with Gasteiger partial charge in [-0.05, 0) is 43.4 Å². The molecule has 0 spiro atoms. The van der Waals surface area contributed by atoms with Gasteiger partial charge in [-0.1, -0.05) is 51.2 Å². The second-order valence-corrected chi connectivity index (χ2v) is 6.67. The molecule has 2 rings (SSSR count). The van der Waals surface area contributed by atoms with Crippen LogP contribution < -0.4 is 10.6 Å². The molecule has 1 aliphatic rings. The van der Waals surface area contributed by atoms with Crippen LogP contribution in [0.3, 0.4) is 0 Å². The fraction of sp³-hybridized carbons (Fsp3) is 0.600. The number of amides is 2. The van der Waals surface area contributed by atoms with E-state index < -0.39 is 6.04 Å². The lowest BCUT2D eigenvalue weighted by molar-refractivity contribution is -0.124. The van der Waals surface area contributed by atoms with Gasteiger partial charge in [0.25, 0.3) is 5.91 Å². The number of benzene rings is 1. The molecule has 4 heteroatoms. The monoisotopic (exact) mass is 330 g/mol. The predicted octanol–water partition coefficient (Wildman–Crippen LogP) is 3.60. The van der Waals surface area contributed by atoms with Crippen LogP contribution in [0, 0.1) is 0 Å². The van der Waals surface area contributed by atoms with Crippen molar-refractivity contribution in [3.8, 4) is 0 Å². The van der Waals surface area contributed by atoms with E-state index in [0.717, 1.165) is 12.8 Å². The molecular weight excluding hydrogens is 300 g/mol. The van der Waals surface area contributed by atoms with Crippen LogP contribution in [0.4, 0.5) is 0 Å². The highest BCUT2D eigenvalue weighted by atomic mass is 16.2. The zero-order chi connectivity index (χ0) is 17.2. The zero-order valence-corrected chi connectivity index (χ0v) is 14.8. The number of nitrogens with one attached hydrogen (secondary N) is 2. The number of hydrogen-bond donors (Lipinski definition) is 2. The maximum atomic E-state index is 12.2. The molecule has 1 fully saturated rings. The number of piperidine rings is 1. The molecule has 24 heavy (non-hydrogen) atoms. The van der Waals surface area contributed by atoms with Crippen molar-refractivity contribution >= 4 is 11.8 Å². The summed E-state index contributed by atoms with van der Waals surface area (Å²) in [7, 11) is 0. The van der Waals surface area contributed by atoms with Gasteiger partial charge in [-0.2, -0.15) is 0 Å². The number of aryl methyl sites for hydroxylation is 1. The summed E-state index contributed by atoms with van der Waals surface area (Å²) in [6, 6.07) is 7.39. The molecule has 2 N–H and O–H groups in total. The summed E-state index contributed by atoms with van der Waals surface area (Å²) in [6.45, 7) is 2.94. The first kappa shape index (κ1) is 18.5. The van der Waals surface area contributed by atoms with E-state index in [9.17, 15) is 9.59 Å². The van der Waals surface area contributed by atoms with Crippen molar-refractivity contribution in [2.24, 2.45) is 0 Å². The minimum Gasteiger partial charge on any atom is -0.354 e. The molecule has 0 bridgehead atoms. The standard InChI is InChI=1S/C20H30N2O2/c1-2-3-4-5-6-7-9-16-11-13-17(14-12-16)19(23)22-18-10-8-15-21-20(18)24/h11-14,18H,2-10,15H2,1H3,(H,21,24)(H,22,23)/t18-/m0/s1. The van der Waals surface area contributed by atoms with Crippen LogP contribution in [0.1, 0.15) is 74.2 Å². The Bertz CT molecular complexity index is 525. The molecule has 0 unspecified atom stereocenters. The molecule has 1 atom stereocenters. The molecule has 0 aliphatic carbocycles. The molecule has 2 amide bonds. The number of hydrogen-bond acceptors (Lipinski definition) is 2. The lowest BCUT2D eigenvalue weighted by atomic mass is 10.0. The Balaban J connectivity index is 1.74. The highest BCUT2D eigenvalue weighted by Crippen LogP contribution is 2.12. The summed E-state index contributed by atoms with van der Waals surface area (Å²) in [5.74, 6) is -0.238. The molecular formula is C20H30N2O2. The smallest absolute Gasteiger partial charge is 0.251 e. The van der Waals surface area contributed by atoms with Crippen LogP contribution in [-0.4, -0.2) is 24.4 Å². The van der Waals surface area contributed by atoms with Gasteiger partial charge >= 0.3 is 0 Å². The first-order chi connectivity index (χ1) is 11.7. The summed E-state index contributed by atoms with van der Waals surface area (Å²) in [6.07, 6.45) is 10.5. The average Bonchev–Trinajstić information content (AvgIpc) is 2.60. The lowest BCUT2D eigenvalue weighted by Gasteiger charge is -2.22. The Kier molecular flexibility index (Phi) is 7.80. The Morgan fingerprint density at radius 2 is 1.83 bits per heavy atom. The van der Waals surface area contributed by atoms with Crippen molar-refractivity contribution < 1.29 is 9.59 Å². The summed E-state index contributed by atoms with van der Waals surface area (Å²) in [5.41, 5.74) is 1.90. The van der Waals surface area contributed by atoms with Crippen molar-refractivity contribution in [2.45, 2.75) is 70.8 Å². The first-order valence-corrected chi connectivity index (χ1v) is 9.38. The van der Waals surface area contributed by atoms with Crippen LogP contribution in [-0.2, 0) is 11.2 Å². The quantitative estimate of drug-likeness (QED) is 0.680. The number of carbonyl (C=O) groups is 2. The predicted molar refractivity (Wildman–Crippen MR) is 97.0 cm³/mol. The molecule has 1 aliphatic heterocycles.